The second-order valence-electron chi connectivity index (χ2n) is 23.9. The molecule has 0 saturated carbocycles. The molecule has 0 aliphatic heterocycles. The fourth-order valence-corrected chi connectivity index (χ4v) is 12.6. The van der Waals surface area contributed by atoms with Crippen LogP contribution in [0.4, 0.5) is 91.0 Å². The second kappa shape index (κ2) is 30.7. The summed E-state index contributed by atoms with van der Waals surface area (Å²) in [5.74, 6) is 1.71. The second-order valence-corrected chi connectivity index (χ2v) is 23.9. The van der Waals surface area contributed by atoms with Crippen molar-refractivity contribution in [1.29, 1.82) is 0 Å². The van der Waals surface area contributed by atoms with Crippen LogP contribution in [0.2, 0.25) is 0 Å². The Bertz CT molecular complexity index is 5170. The van der Waals surface area contributed by atoms with Gasteiger partial charge in [-0.1, -0.05) is 170 Å². The third-order valence-corrected chi connectivity index (χ3v) is 17.9. The van der Waals surface area contributed by atoms with Gasteiger partial charge in [-0.15, -0.1) is 0 Å². The number of para-hydroxylation sites is 3. The van der Waals surface area contributed by atoms with Crippen molar-refractivity contribution in [1.82, 2.24) is 0 Å². The number of anilines is 15. The molecule has 100 heavy (non-hydrogen) atoms. The molecule has 490 valence electrons. The molecule has 0 aliphatic rings. The summed E-state index contributed by atoms with van der Waals surface area (Å²) in [5.41, 5.74) is 16.4. The number of fused-ring (bicyclic) bond motifs is 3. The lowest BCUT2D eigenvalue weighted by Gasteiger charge is -2.28. The van der Waals surface area contributed by atoms with Gasteiger partial charge in [0.05, 0.1) is 36.2 Å². The Morgan fingerprint density at radius 1 is 0.250 bits per heavy atom. The predicted octanol–water partition coefficient (Wildman–Crippen LogP) is 24.2. The van der Waals surface area contributed by atoms with Crippen LogP contribution < -0.4 is 38.9 Å². The average Bonchev–Trinajstić information content (AvgIpc) is 0.796. The van der Waals surface area contributed by atoms with Crippen LogP contribution in [0.25, 0.3) is 32.3 Å². The number of methoxy groups -OCH3 is 2. The predicted molar refractivity (Wildman–Crippen MR) is 419 cm³/mol. The van der Waals surface area contributed by atoms with Crippen molar-refractivity contribution in [2.75, 3.05) is 64.8 Å². The van der Waals surface area contributed by atoms with Crippen molar-refractivity contribution >= 4 is 123 Å². The number of nitro benzene ring substituents is 1. The highest BCUT2D eigenvalue weighted by Crippen LogP contribution is 2.44. The number of rotatable bonds is 18. The van der Waals surface area contributed by atoms with Gasteiger partial charge in [0.25, 0.3) is 5.69 Å². The monoisotopic (exact) mass is 1310 g/mol. The molecule has 0 bridgehead atoms. The quantitative estimate of drug-likeness (QED) is 0.0612. The summed E-state index contributed by atoms with van der Waals surface area (Å²) in [6.07, 6.45) is 0. The zero-order valence-corrected chi connectivity index (χ0v) is 56.4. The van der Waals surface area contributed by atoms with Crippen LogP contribution in [0.15, 0.2) is 364 Å². The Hall–Kier alpha value is -13.1. The molecule has 0 spiro atoms. The SMILES string of the molecule is CN(c1ccc(N(c2ccccc2)c2cccc3ccccc23)cc1)c1ccc([N+](=O)[O-])cc1.COc1ccc(N(C)c2ccc(N(c3ccccc3)c3cccc4ccccc34)cc2)cc1.COc1cccc(N(C)c2ccc(N(c3ccccc3)c3cccc4ccccc34)cc2)c1. The number of hydrogen-bond donors (Lipinski definition) is 0. The van der Waals surface area contributed by atoms with Gasteiger partial charge >= 0.3 is 0 Å². The molecule has 0 N–H and O–H groups in total. The van der Waals surface area contributed by atoms with E-state index in [2.05, 4.69) is 330 Å². The molecule has 0 saturated heterocycles. The summed E-state index contributed by atoms with van der Waals surface area (Å²) in [4.78, 5) is 23.8. The topological polar surface area (TPSA) is 81.0 Å². The van der Waals surface area contributed by atoms with E-state index in [0.29, 0.717) is 0 Å². The van der Waals surface area contributed by atoms with E-state index in [1.165, 1.54) is 44.5 Å². The lowest BCUT2D eigenvalue weighted by molar-refractivity contribution is -0.384. The van der Waals surface area contributed by atoms with Crippen LogP contribution in [-0.2, 0) is 0 Å². The summed E-state index contributed by atoms with van der Waals surface area (Å²) in [7, 11) is 9.49. The van der Waals surface area contributed by atoms with Gasteiger partial charge in [-0.3, -0.25) is 10.1 Å². The number of nitrogens with zero attached hydrogens (tertiary/aromatic N) is 7. The average molecular weight is 1310 g/mol. The van der Waals surface area contributed by atoms with E-state index in [1.54, 1.807) is 26.4 Å². The molecule has 0 aliphatic carbocycles. The van der Waals surface area contributed by atoms with Crippen molar-refractivity contribution in [3.05, 3.63) is 374 Å². The molecule has 15 aromatic carbocycles. The summed E-state index contributed by atoms with van der Waals surface area (Å²) < 4.78 is 10.7. The smallest absolute Gasteiger partial charge is 0.269 e. The Balaban J connectivity index is 0.000000134. The number of benzene rings is 15. The van der Waals surface area contributed by atoms with Crippen LogP contribution in [-0.4, -0.2) is 40.3 Å². The number of ether oxygens (including phenoxy) is 2. The van der Waals surface area contributed by atoms with Gasteiger partial charge in [0.2, 0.25) is 0 Å². The summed E-state index contributed by atoms with van der Waals surface area (Å²) >= 11 is 0. The molecule has 0 amide bonds. The summed E-state index contributed by atoms with van der Waals surface area (Å²) in [5, 5.41) is 18.2. The van der Waals surface area contributed by atoms with Gasteiger partial charge in [0.15, 0.2) is 0 Å². The largest absolute Gasteiger partial charge is 0.497 e. The fraction of sp³-hybridized carbons (Fsp3) is 0.0562. The molecular formula is C89H75N7O4. The van der Waals surface area contributed by atoms with E-state index >= 15 is 0 Å². The highest BCUT2D eigenvalue weighted by Gasteiger charge is 2.20. The van der Waals surface area contributed by atoms with Crippen LogP contribution >= 0.6 is 0 Å². The molecule has 11 nitrogen and oxygen atoms in total. The van der Waals surface area contributed by atoms with Gasteiger partial charge in [0.1, 0.15) is 11.5 Å². The van der Waals surface area contributed by atoms with Crippen molar-refractivity contribution in [2.24, 2.45) is 0 Å². The van der Waals surface area contributed by atoms with Crippen LogP contribution in [0.1, 0.15) is 0 Å². The van der Waals surface area contributed by atoms with E-state index in [-0.39, 0.29) is 10.6 Å². The first-order valence-electron chi connectivity index (χ1n) is 33.1. The molecule has 0 atom stereocenters. The first kappa shape index (κ1) is 65.5. The third kappa shape index (κ3) is 14.7. The van der Waals surface area contributed by atoms with Crippen LogP contribution in [0, 0.1) is 10.1 Å². The zero-order valence-electron chi connectivity index (χ0n) is 56.4. The van der Waals surface area contributed by atoms with E-state index in [1.807, 2.05) is 60.5 Å². The zero-order chi connectivity index (χ0) is 68.7. The first-order chi connectivity index (χ1) is 49.1. The Labute approximate surface area is 584 Å². The minimum absolute atomic E-state index is 0.0843. The number of non-ortho nitro benzene ring substituents is 1. The molecule has 0 unspecified atom stereocenters. The minimum atomic E-state index is -0.385. The molecule has 15 aromatic rings. The van der Waals surface area contributed by atoms with Crippen molar-refractivity contribution in [3.8, 4) is 11.5 Å². The Kier molecular flexibility index (Phi) is 20.1. The third-order valence-electron chi connectivity index (χ3n) is 17.9. The van der Waals surface area contributed by atoms with Gasteiger partial charge in [-0.2, -0.15) is 0 Å². The normalized spacial score (nSPS) is 10.7. The molecule has 0 aromatic heterocycles. The maximum Gasteiger partial charge on any atom is 0.269 e. The minimum Gasteiger partial charge on any atom is -0.497 e. The van der Waals surface area contributed by atoms with Crippen LogP contribution in [0.5, 0.6) is 11.5 Å². The fourth-order valence-electron chi connectivity index (χ4n) is 12.6. The standard InChI is InChI=1S/2C30H26N2O.C29H23N3O2/c1-31(27-14-9-15-28(22-27)33-2)24-18-20-26(21-19-24)32(25-12-4-3-5-13-25)30-17-8-11-23-10-6-7-16-29(23)30;1-31(25-19-21-28(33-2)22-20-25)24-15-17-27(18-16-24)32(26-11-4-3-5-12-26)30-14-8-10-23-9-6-7-13-29(23)30;1-30(24-16-20-27(21-17-24)32(33)34)23-14-18-26(19-15-23)31(25-10-3-2-4-11-25)29-13-7-9-22-8-5-6-12-28(22)29/h2*3-22H,1-2H3;2-21H,1H3. The van der Waals surface area contributed by atoms with Crippen molar-refractivity contribution in [3.63, 3.8) is 0 Å². The van der Waals surface area contributed by atoms with E-state index < -0.39 is 0 Å². The summed E-state index contributed by atoms with van der Waals surface area (Å²) in [6.45, 7) is 0. The number of nitro groups is 1. The molecule has 15 rings (SSSR count). The molecule has 0 fully saturated rings. The molecule has 11 heteroatoms. The van der Waals surface area contributed by atoms with Gasteiger partial charge in [0, 0.05) is 124 Å². The maximum absolute atomic E-state index is 11.0. The molecule has 0 heterocycles. The lowest BCUT2D eigenvalue weighted by Crippen LogP contribution is -2.12. The molecular weight excluding hydrogens is 1230 g/mol. The van der Waals surface area contributed by atoms with Gasteiger partial charge < -0.3 is 38.9 Å². The lowest BCUT2D eigenvalue weighted by atomic mass is 10.1. The summed E-state index contributed by atoms with van der Waals surface area (Å²) in [6, 6.07) is 125. The van der Waals surface area contributed by atoms with Crippen LogP contribution in [0.3, 0.4) is 0 Å². The van der Waals surface area contributed by atoms with E-state index in [0.717, 1.165) is 96.8 Å². The van der Waals surface area contributed by atoms with Gasteiger partial charge in [-0.05, 0) is 192 Å². The van der Waals surface area contributed by atoms with E-state index in [9.17, 15) is 10.1 Å². The molecule has 0 radical (unpaired) electrons. The van der Waals surface area contributed by atoms with Crippen molar-refractivity contribution < 1.29 is 14.4 Å². The van der Waals surface area contributed by atoms with E-state index in [4.69, 9.17) is 9.47 Å². The first-order valence-corrected chi connectivity index (χ1v) is 33.1. The Morgan fingerprint density at radius 2 is 0.500 bits per heavy atom. The highest BCUT2D eigenvalue weighted by atomic mass is 16.6. The Morgan fingerprint density at radius 3 is 0.830 bits per heavy atom. The maximum atomic E-state index is 11.0. The van der Waals surface area contributed by atoms with Gasteiger partial charge in [-0.25, -0.2) is 0 Å². The number of hydrogen-bond acceptors (Lipinski definition) is 10. The van der Waals surface area contributed by atoms with Crippen molar-refractivity contribution in [2.45, 2.75) is 0 Å². The highest BCUT2D eigenvalue weighted by molar-refractivity contribution is 6.01.